The van der Waals surface area contributed by atoms with Crippen molar-refractivity contribution in [3.05, 3.63) is 57.3 Å². The molecule has 1 atom stereocenters. The molecule has 0 spiro atoms. The molecule has 13 heteroatoms. The Morgan fingerprint density at radius 2 is 1.82 bits per heavy atom. The van der Waals surface area contributed by atoms with E-state index in [1.165, 1.54) is 6.92 Å². The molecule has 1 aliphatic heterocycles. The summed E-state index contributed by atoms with van der Waals surface area (Å²) < 4.78 is 88.7. The molecule has 0 bridgehead atoms. The number of nitrogens with one attached hydrogen (secondary N) is 2. The Hall–Kier alpha value is -3.22. The lowest BCUT2D eigenvalue weighted by molar-refractivity contribution is -0.141. The van der Waals surface area contributed by atoms with Crippen LogP contribution in [0.5, 0.6) is 5.75 Å². The molecule has 0 radical (unpaired) electrons. The van der Waals surface area contributed by atoms with E-state index in [0.29, 0.717) is 12.8 Å². The number of aromatic nitrogens is 1. The molecular formula is C26H30F6N4O3. The molecule has 2 aromatic rings. The number of rotatable bonds is 8. The van der Waals surface area contributed by atoms with Crippen LogP contribution in [0.15, 0.2) is 29.2 Å². The van der Waals surface area contributed by atoms with Crippen molar-refractivity contribution in [1.82, 2.24) is 14.8 Å². The van der Waals surface area contributed by atoms with E-state index >= 15 is 4.39 Å². The van der Waals surface area contributed by atoms with E-state index < -0.39 is 58.3 Å². The van der Waals surface area contributed by atoms with E-state index in [0.717, 1.165) is 49.2 Å². The third kappa shape index (κ3) is 5.73. The van der Waals surface area contributed by atoms with Crippen LogP contribution in [0.4, 0.5) is 32.0 Å². The van der Waals surface area contributed by atoms with Crippen LogP contribution in [0, 0.1) is 5.82 Å². The third-order valence-corrected chi connectivity index (χ3v) is 7.48. The first-order valence-corrected chi connectivity index (χ1v) is 12.5. The number of halogens is 6. The van der Waals surface area contributed by atoms with Crippen LogP contribution in [-0.2, 0) is 11.7 Å². The lowest BCUT2D eigenvalue weighted by Crippen LogP contribution is -2.40. The molecule has 1 unspecified atom stereocenters. The van der Waals surface area contributed by atoms with E-state index in [2.05, 4.69) is 20.3 Å². The maximum Gasteiger partial charge on any atom is 0.422 e. The number of anilines is 1. The number of nitrogens with zero attached hydrogens (tertiary/aromatic N) is 2. The highest BCUT2D eigenvalue weighted by Crippen LogP contribution is 2.48. The largest absolute Gasteiger partial charge is 0.496 e. The second-order valence-corrected chi connectivity index (χ2v) is 10.2. The number of ether oxygens (including phenoxy) is 1. The lowest BCUT2D eigenvalue weighted by atomic mass is 10.0. The monoisotopic (exact) mass is 560 g/mol. The predicted octanol–water partition coefficient (Wildman–Crippen LogP) is 4.77. The molecule has 2 aliphatic rings. The minimum atomic E-state index is -5.05. The number of alkyl halides is 5. The normalized spacial score (nSPS) is 18.6. The van der Waals surface area contributed by atoms with Crippen molar-refractivity contribution in [2.45, 2.75) is 62.8 Å². The maximum atomic E-state index is 15.0. The molecule has 1 aromatic heterocycles. The number of carbonyl (C=O) groups excluding carboxylic acids is 1. The molecule has 1 saturated heterocycles. The van der Waals surface area contributed by atoms with E-state index in [-0.39, 0.29) is 30.1 Å². The van der Waals surface area contributed by atoms with Gasteiger partial charge in [0, 0.05) is 23.9 Å². The average molecular weight is 561 g/mol. The minimum absolute atomic E-state index is 0.0566. The van der Waals surface area contributed by atoms with Crippen molar-refractivity contribution in [2.24, 2.45) is 0 Å². The summed E-state index contributed by atoms with van der Waals surface area (Å²) in [5.41, 5.74) is -4.49. The molecule has 1 saturated carbocycles. The Morgan fingerprint density at radius 3 is 2.36 bits per heavy atom. The van der Waals surface area contributed by atoms with Crippen molar-refractivity contribution < 1.29 is 35.9 Å². The Bertz CT molecular complexity index is 1280. The number of amides is 1. The molecule has 1 aromatic carbocycles. The zero-order valence-electron chi connectivity index (χ0n) is 21.7. The number of likely N-dealkylation sites (tertiary alicyclic amines) is 1. The van der Waals surface area contributed by atoms with Crippen LogP contribution in [0.3, 0.4) is 0 Å². The molecule has 1 aliphatic carbocycles. The molecule has 1 amide bonds. The van der Waals surface area contributed by atoms with Gasteiger partial charge in [0.15, 0.2) is 0 Å². The molecule has 39 heavy (non-hydrogen) atoms. The summed E-state index contributed by atoms with van der Waals surface area (Å²) >= 11 is 0. The summed E-state index contributed by atoms with van der Waals surface area (Å²) in [6, 6.07) is 1.78. The van der Waals surface area contributed by atoms with Gasteiger partial charge in [-0.1, -0.05) is 6.07 Å². The van der Waals surface area contributed by atoms with Crippen molar-refractivity contribution in [2.75, 3.05) is 32.6 Å². The standard InChI is InChI=1S/C26H30F6N4O3/c1-14(16-4-5-19(39-3)21(22(16)27)26(30,31)32)33-23(38)17-13-36(25(8-9-25)24(28)29)20(37)12-18(17)34-15-6-10-35(2)11-7-15/h4-5,12-15,24,34H,6-11H2,1-3H3,(H,33,38). The number of hydrogen-bond acceptors (Lipinski definition) is 5. The van der Waals surface area contributed by atoms with Crippen molar-refractivity contribution in [3.63, 3.8) is 0 Å². The average Bonchev–Trinajstić information content (AvgIpc) is 3.66. The summed E-state index contributed by atoms with van der Waals surface area (Å²) in [5.74, 6) is -3.17. The number of hydrogen-bond donors (Lipinski definition) is 2. The Labute approximate surface area is 221 Å². The van der Waals surface area contributed by atoms with E-state index in [1.54, 1.807) is 0 Å². The van der Waals surface area contributed by atoms with Gasteiger partial charge < -0.3 is 24.8 Å². The summed E-state index contributed by atoms with van der Waals surface area (Å²) in [6.45, 7) is 2.82. The summed E-state index contributed by atoms with van der Waals surface area (Å²) in [7, 11) is 2.94. The highest BCUT2D eigenvalue weighted by Gasteiger charge is 2.53. The van der Waals surface area contributed by atoms with E-state index in [1.807, 2.05) is 7.05 Å². The fourth-order valence-electron chi connectivity index (χ4n) is 4.94. The number of piperidine rings is 1. The van der Waals surface area contributed by atoms with Gasteiger partial charge >= 0.3 is 6.18 Å². The second kappa shape index (κ2) is 10.7. The van der Waals surface area contributed by atoms with Crippen LogP contribution in [0.2, 0.25) is 0 Å². The van der Waals surface area contributed by atoms with E-state index in [4.69, 9.17) is 0 Å². The van der Waals surface area contributed by atoms with Gasteiger partial charge in [0.2, 0.25) is 0 Å². The lowest BCUT2D eigenvalue weighted by Gasteiger charge is -2.31. The fraction of sp³-hybridized carbons (Fsp3) is 0.538. The summed E-state index contributed by atoms with van der Waals surface area (Å²) in [6.07, 6.45) is -5.31. The number of carbonyl (C=O) groups is 1. The topological polar surface area (TPSA) is 75.6 Å². The highest BCUT2D eigenvalue weighted by atomic mass is 19.4. The molecule has 214 valence electrons. The number of benzene rings is 1. The first-order valence-electron chi connectivity index (χ1n) is 12.5. The first kappa shape index (κ1) is 28.8. The van der Waals surface area contributed by atoms with Crippen LogP contribution in [0.1, 0.15) is 60.1 Å². The van der Waals surface area contributed by atoms with Gasteiger partial charge in [0.1, 0.15) is 22.7 Å². The van der Waals surface area contributed by atoms with Gasteiger partial charge in [-0.05, 0) is 58.8 Å². The predicted molar refractivity (Wildman–Crippen MR) is 132 cm³/mol. The second-order valence-electron chi connectivity index (χ2n) is 10.2. The Kier molecular flexibility index (Phi) is 7.93. The van der Waals surface area contributed by atoms with Gasteiger partial charge in [-0.2, -0.15) is 13.2 Å². The molecule has 7 nitrogen and oxygen atoms in total. The van der Waals surface area contributed by atoms with Gasteiger partial charge in [0.25, 0.3) is 17.9 Å². The summed E-state index contributed by atoms with van der Waals surface area (Å²) in [5, 5.41) is 5.62. The molecule has 2 heterocycles. The van der Waals surface area contributed by atoms with Crippen LogP contribution in [-0.4, -0.2) is 55.1 Å². The molecule has 4 rings (SSSR count). The number of methoxy groups -OCH3 is 1. The van der Waals surface area contributed by atoms with Crippen molar-refractivity contribution >= 4 is 11.6 Å². The first-order chi connectivity index (χ1) is 18.3. The third-order valence-electron chi connectivity index (χ3n) is 7.48. The highest BCUT2D eigenvalue weighted by molar-refractivity contribution is 5.99. The van der Waals surface area contributed by atoms with Crippen molar-refractivity contribution in [3.8, 4) is 5.75 Å². The zero-order chi connectivity index (χ0) is 28.7. The smallest absolute Gasteiger partial charge is 0.422 e. The quantitative estimate of drug-likeness (QED) is 0.456. The van der Waals surface area contributed by atoms with Gasteiger partial charge in [-0.15, -0.1) is 0 Å². The van der Waals surface area contributed by atoms with Crippen molar-refractivity contribution in [1.29, 1.82) is 0 Å². The summed E-state index contributed by atoms with van der Waals surface area (Å²) in [4.78, 5) is 28.4. The zero-order valence-corrected chi connectivity index (χ0v) is 21.7. The molecule has 2 N–H and O–H groups in total. The number of pyridine rings is 1. The van der Waals surface area contributed by atoms with E-state index in [9.17, 15) is 31.5 Å². The van der Waals surface area contributed by atoms with Crippen LogP contribution >= 0.6 is 0 Å². The maximum absolute atomic E-state index is 15.0. The SMILES string of the molecule is COc1ccc(C(C)NC(=O)c2cn(C3(C(F)F)CC3)c(=O)cc2NC2CCN(C)CC2)c(F)c1C(F)(F)F. The van der Waals surface area contributed by atoms with Crippen LogP contribution in [0.25, 0.3) is 0 Å². The van der Waals surface area contributed by atoms with Gasteiger partial charge in [0.05, 0.1) is 24.4 Å². The van der Waals surface area contributed by atoms with Gasteiger partial charge in [-0.3, -0.25) is 9.59 Å². The molecular weight excluding hydrogens is 530 g/mol. The minimum Gasteiger partial charge on any atom is -0.496 e. The Morgan fingerprint density at radius 1 is 1.18 bits per heavy atom. The molecule has 2 fully saturated rings. The Balaban J connectivity index is 1.69. The fourth-order valence-corrected chi connectivity index (χ4v) is 4.94. The van der Waals surface area contributed by atoms with Gasteiger partial charge in [-0.25, -0.2) is 13.2 Å². The van der Waals surface area contributed by atoms with Crippen LogP contribution < -0.4 is 20.9 Å².